The SMILES string of the molecule is O=C(O)[C@@H](CNC(=O)[C@@H]1C[C@@H](S)CN1C(=O)OCc1ccccc1)c1ccc(O)cc1. The predicted molar refractivity (Wildman–Crippen MR) is 116 cm³/mol. The molecule has 2 aromatic carbocycles. The van der Waals surface area contributed by atoms with Crippen LogP contribution in [0.2, 0.25) is 0 Å². The van der Waals surface area contributed by atoms with Crippen LogP contribution < -0.4 is 5.32 Å². The number of ether oxygens (including phenoxy) is 1. The van der Waals surface area contributed by atoms with E-state index in [1.165, 1.54) is 29.2 Å². The fraction of sp³-hybridized carbons (Fsp3) is 0.318. The minimum Gasteiger partial charge on any atom is -0.508 e. The first-order chi connectivity index (χ1) is 14.8. The number of carboxylic acids is 1. The number of carboxylic acid groups (broad SMARTS) is 1. The van der Waals surface area contributed by atoms with Crippen LogP contribution in [0.25, 0.3) is 0 Å². The van der Waals surface area contributed by atoms with Gasteiger partial charge in [-0.1, -0.05) is 42.5 Å². The van der Waals surface area contributed by atoms with Crippen molar-refractivity contribution in [3.63, 3.8) is 0 Å². The molecule has 0 bridgehead atoms. The molecule has 0 aliphatic carbocycles. The van der Waals surface area contributed by atoms with E-state index in [2.05, 4.69) is 17.9 Å². The van der Waals surface area contributed by atoms with Crippen LogP contribution in [0.3, 0.4) is 0 Å². The molecular formula is C22H24N2O6S. The number of hydrogen-bond acceptors (Lipinski definition) is 6. The fourth-order valence-electron chi connectivity index (χ4n) is 3.44. The first-order valence-corrected chi connectivity index (χ1v) is 10.3. The van der Waals surface area contributed by atoms with E-state index in [1.54, 1.807) is 0 Å². The lowest BCUT2D eigenvalue weighted by atomic mass is 9.99. The zero-order chi connectivity index (χ0) is 22.4. The van der Waals surface area contributed by atoms with Crippen LogP contribution >= 0.6 is 12.6 Å². The monoisotopic (exact) mass is 444 g/mol. The lowest BCUT2D eigenvalue weighted by Gasteiger charge is -2.24. The van der Waals surface area contributed by atoms with Crippen LogP contribution in [0.4, 0.5) is 4.79 Å². The van der Waals surface area contributed by atoms with Crippen molar-refractivity contribution in [2.45, 2.75) is 30.2 Å². The molecule has 8 nitrogen and oxygen atoms in total. The summed E-state index contributed by atoms with van der Waals surface area (Å²) in [6.45, 7) is 0.193. The van der Waals surface area contributed by atoms with Crippen LogP contribution in [-0.4, -0.2) is 57.5 Å². The summed E-state index contributed by atoms with van der Waals surface area (Å²) in [6.07, 6.45) is -0.277. The molecule has 1 aliphatic heterocycles. The van der Waals surface area contributed by atoms with Crippen LogP contribution in [0, 0.1) is 0 Å². The number of carbonyl (C=O) groups is 3. The Kier molecular flexibility index (Phi) is 7.41. The summed E-state index contributed by atoms with van der Waals surface area (Å²) in [4.78, 5) is 38.3. The summed E-state index contributed by atoms with van der Waals surface area (Å²) in [5.41, 5.74) is 1.28. The Morgan fingerprint density at radius 2 is 1.81 bits per heavy atom. The second-order valence-corrected chi connectivity index (χ2v) is 8.06. The fourth-order valence-corrected chi connectivity index (χ4v) is 3.82. The van der Waals surface area contributed by atoms with Gasteiger partial charge >= 0.3 is 12.1 Å². The highest BCUT2D eigenvalue weighted by atomic mass is 32.1. The van der Waals surface area contributed by atoms with Gasteiger partial charge in [0.25, 0.3) is 0 Å². The number of amides is 2. The normalized spacial score (nSPS) is 18.9. The number of phenolic OH excluding ortho intramolecular Hbond substituents is 1. The Labute approximate surface area is 185 Å². The van der Waals surface area contributed by atoms with Crippen molar-refractivity contribution in [2.24, 2.45) is 0 Å². The Bertz CT molecular complexity index is 921. The number of likely N-dealkylation sites (tertiary alicyclic amines) is 1. The van der Waals surface area contributed by atoms with Crippen LogP contribution in [0.1, 0.15) is 23.5 Å². The maximum Gasteiger partial charge on any atom is 0.410 e. The van der Waals surface area contributed by atoms with Crippen molar-refractivity contribution >= 4 is 30.6 Å². The molecule has 1 fully saturated rings. The number of aliphatic carboxylic acids is 1. The second kappa shape index (κ2) is 10.2. The van der Waals surface area contributed by atoms with Crippen molar-refractivity contribution < 1.29 is 29.3 Å². The van der Waals surface area contributed by atoms with Gasteiger partial charge in [-0.15, -0.1) is 0 Å². The van der Waals surface area contributed by atoms with Gasteiger partial charge in [0.15, 0.2) is 0 Å². The molecule has 0 aromatic heterocycles. The molecule has 1 saturated heterocycles. The third kappa shape index (κ3) is 5.91. The standard InChI is InChI=1S/C22H24N2O6S/c25-16-8-6-15(7-9-16)18(21(27)28)11-23-20(26)19-10-17(31)12-24(19)22(29)30-13-14-4-2-1-3-5-14/h1-9,17-19,25,31H,10-13H2,(H,23,26)(H,27,28)/t17-,18+,19+/m1/s1. The van der Waals surface area contributed by atoms with E-state index in [-0.39, 0.29) is 30.7 Å². The molecule has 2 amide bonds. The molecule has 9 heteroatoms. The molecule has 31 heavy (non-hydrogen) atoms. The molecule has 0 unspecified atom stereocenters. The number of phenols is 1. The molecule has 3 atom stereocenters. The molecular weight excluding hydrogens is 420 g/mol. The average Bonchev–Trinajstić information content (AvgIpc) is 3.15. The quantitative estimate of drug-likeness (QED) is 0.488. The van der Waals surface area contributed by atoms with Crippen molar-refractivity contribution in [1.82, 2.24) is 10.2 Å². The highest BCUT2D eigenvalue weighted by molar-refractivity contribution is 7.81. The molecule has 1 aliphatic rings. The van der Waals surface area contributed by atoms with E-state index in [4.69, 9.17) is 4.74 Å². The summed E-state index contributed by atoms with van der Waals surface area (Å²) in [5, 5.41) is 21.4. The number of nitrogens with one attached hydrogen (secondary N) is 1. The average molecular weight is 445 g/mol. The van der Waals surface area contributed by atoms with Crippen LogP contribution in [0.5, 0.6) is 5.75 Å². The molecule has 0 radical (unpaired) electrons. The minimum atomic E-state index is -1.11. The Balaban J connectivity index is 1.61. The van der Waals surface area contributed by atoms with Crippen LogP contribution in [-0.2, 0) is 20.9 Å². The number of rotatable bonds is 7. The smallest absolute Gasteiger partial charge is 0.410 e. The summed E-state index contributed by atoms with van der Waals surface area (Å²) >= 11 is 4.40. The number of thiol groups is 1. The summed E-state index contributed by atoms with van der Waals surface area (Å²) in [5.74, 6) is -2.54. The van der Waals surface area contributed by atoms with E-state index in [0.717, 1.165) is 5.56 Å². The van der Waals surface area contributed by atoms with Gasteiger partial charge in [-0.05, 0) is 29.7 Å². The third-order valence-corrected chi connectivity index (χ3v) is 5.47. The minimum absolute atomic E-state index is 0.0207. The second-order valence-electron chi connectivity index (χ2n) is 7.33. The van der Waals surface area contributed by atoms with Crippen LogP contribution in [0.15, 0.2) is 54.6 Å². The Morgan fingerprint density at radius 1 is 1.13 bits per heavy atom. The highest BCUT2D eigenvalue weighted by Gasteiger charge is 2.39. The van der Waals surface area contributed by atoms with E-state index in [1.807, 2.05) is 30.3 Å². The first kappa shape index (κ1) is 22.5. The van der Waals surface area contributed by atoms with Gasteiger partial charge in [-0.2, -0.15) is 12.6 Å². The molecule has 3 rings (SSSR count). The first-order valence-electron chi connectivity index (χ1n) is 9.80. The van der Waals surface area contributed by atoms with E-state index in [9.17, 15) is 24.6 Å². The van der Waals surface area contributed by atoms with Gasteiger partial charge in [0, 0.05) is 18.3 Å². The van der Waals surface area contributed by atoms with E-state index < -0.39 is 29.9 Å². The zero-order valence-electron chi connectivity index (χ0n) is 16.7. The maximum absolute atomic E-state index is 12.8. The molecule has 0 spiro atoms. The van der Waals surface area contributed by atoms with Crippen molar-refractivity contribution in [2.75, 3.05) is 13.1 Å². The number of benzene rings is 2. The Morgan fingerprint density at radius 3 is 2.45 bits per heavy atom. The molecule has 3 N–H and O–H groups in total. The van der Waals surface area contributed by atoms with Gasteiger partial charge in [-0.3, -0.25) is 14.5 Å². The van der Waals surface area contributed by atoms with Gasteiger partial charge in [-0.25, -0.2) is 4.79 Å². The summed E-state index contributed by atoms with van der Waals surface area (Å²) in [7, 11) is 0. The van der Waals surface area contributed by atoms with Gasteiger partial charge in [0.05, 0.1) is 5.92 Å². The highest BCUT2D eigenvalue weighted by Crippen LogP contribution is 2.24. The van der Waals surface area contributed by atoms with Gasteiger partial charge in [0.2, 0.25) is 5.91 Å². The maximum atomic E-state index is 12.8. The molecule has 2 aromatic rings. The topological polar surface area (TPSA) is 116 Å². The number of carbonyl (C=O) groups excluding carboxylic acids is 2. The van der Waals surface area contributed by atoms with E-state index >= 15 is 0 Å². The summed E-state index contributed by atoms with van der Waals surface area (Å²) in [6, 6.07) is 14.2. The van der Waals surface area contributed by atoms with Gasteiger partial charge in [0.1, 0.15) is 18.4 Å². The number of nitrogens with zero attached hydrogens (tertiary/aromatic N) is 1. The third-order valence-electron chi connectivity index (χ3n) is 5.10. The lowest BCUT2D eigenvalue weighted by molar-refractivity contribution is -0.138. The zero-order valence-corrected chi connectivity index (χ0v) is 17.6. The number of aromatic hydroxyl groups is 1. The molecule has 164 valence electrons. The molecule has 0 saturated carbocycles. The number of hydrogen-bond donors (Lipinski definition) is 4. The Hall–Kier alpha value is -3.20. The largest absolute Gasteiger partial charge is 0.508 e. The lowest BCUT2D eigenvalue weighted by Crippen LogP contribution is -2.47. The van der Waals surface area contributed by atoms with E-state index in [0.29, 0.717) is 12.0 Å². The predicted octanol–water partition coefficient (Wildman–Crippen LogP) is 2.39. The van der Waals surface area contributed by atoms with Crippen molar-refractivity contribution in [3.8, 4) is 5.75 Å². The molecule has 1 heterocycles. The van der Waals surface area contributed by atoms with Crippen molar-refractivity contribution in [1.29, 1.82) is 0 Å². The van der Waals surface area contributed by atoms with Crippen molar-refractivity contribution in [3.05, 3.63) is 65.7 Å². The van der Waals surface area contributed by atoms with Gasteiger partial charge < -0.3 is 20.3 Å². The summed E-state index contributed by atoms with van der Waals surface area (Å²) < 4.78 is 5.34.